The van der Waals surface area contributed by atoms with Gasteiger partial charge in [0.1, 0.15) is 5.69 Å². The minimum Gasteiger partial charge on any atom is -0.345 e. The quantitative estimate of drug-likeness (QED) is 0.718. The van der Waals surface area contributed by atoms with Gasteiger partial charge < -0.3 is 10.3 Å². The highest BCUT2D eigenvalue weighted by atomic mass is 35.5. The average molecular weight is 291 g/mol. The van der Waals surface area contributed by atoms with Gasteiger partial charge in [0.2, 0.25) is 5.56 Å². The third kappa shape index (κ3) is 2.91. The van der Waals surface area contributed by atoms with Crippen molar-refractivity contribution in [1.29, 1.82) is 0 Å². The van der Waals surface area contributed by atoms with Crippen molar-refractivity contribution >= 4 is 27.3 Å². The predicted molar refractivity (Wildman–Crippen MR) is 66.6 cm³/mol. The lowest BCUT2D eigenvalue weighted by molar-refractivity contribution is 0.0936. The molecule has 2 unspecified atom stereocenters. The standard InChI is InChI=1S/C10H11ClN2O4S/c11-6-4-18(16,17)5-8(6)13-10(15)7-2-1-3-9(14)12-7/h1-3,6,8H,4-5H2,(H,12,14)(H,13,15). The molecule has 1 amide bonds. The number of amides is 1. The Labute approximate surface area is 108 Å². The number of carbonyl (C=O) groups is 1. The normalized spacial score (nSPS) is 25.8. The van der Waals surface area contributed by atoms with E-state index in [1.807, 2.05) is 0 Å². The highest BCUT2D eigenvalue weighted by molar-refractivity contribution is 7.91. The van der Waals surface area contributed by atoms with Gasteiger partial charge in [-0.25, -0.2) is 8.42 Å². The van der Waals surface area contributed by atoms with Gasteiger partial charge in [0, 0.05) is 6.07 Å². The molecule has 98 valence electrons. The third-order valence-corrected chi connectivity index (χ3v) is 4.99. The maximum absolute atomic E-state index is 11.8. The molecule has 2 rings (SSSR count). The van der Waals surface area contributed by atoms with Gasteiger partial charge in [-0.05, 0) is 6.07 Å². The highest BCUT2D eigenvalue weighted by Gasteiger charge is 2.37. The smallest absolute Gasteiger partial charge is 0.268 e. The van der Waals surface area contributed by atoms with Crippen LogP contribution in [0.1, 0.15) is 10.5 Å². The summed E-state index contributed by atoms with van der Waals surface area (Å²) in [5.74, 6) is -0.866. The van der Waals surface area contributed by atoms with Crippen molar-refractivity contribution in [3.05, 3.63) is 34.2 Å². The van der Waals surface area contributed by atoms with E-state index in [0.29, 0.717) is 0 Å². The van der Waals surface area contributed by atoms with Crippen LogP contribution in [-0.2, 0) is 9.84 Å². The first-order valence-electron chi connectivity index (χ1n) is 5.22. The van der Waals surface area contributed by atoms with E-state index < -0.39 is 32.7 Å². The topological polar surface area (TPSA) is 96.1 Å². The van der Waals surface area contributed by atoms with Gasteiger partial charge in [-0.2, -0.15) is 0 Å². The number of nitrogens with one attached hydrogen (secondary N) is 2. The number of aromatic nitrogens is 1. The first kappa shape index (κ1) is 13.1. The number of sulfone groups is 1. The van der Waals surface area contributed by atoms with Crippen molar-refractivity contribution in [3.8, 4) is 0 Å². The molecule has 1 aromatic heterocycles. The zero-order valence-corrected chi connectivity index (χ0v) is 10.8. The van der Waals surface area contributed by atoms with Crippen LogP contribution in [0, 0.1) is 0 Å². The summed E-state index contributed by atoms with van der Waals surface area (Å²) in [5.41, 5.74) is -0.320. The second-order valence-corrected chi connectivity index (χ2v) is 6.82. The molecule has 18 heavy (non-hydrogen) atoms. The molecule has 0 saturated carbocycles. The molecule has 0 radical (unpaired) electrons. The van der Waals surface area contributed by atoms with Crippen molar-refractivity contribution in [2.75, 3.05) is 11.5 Å². The summed E-state index contributed by atoms with van der Waals surface area (Å²) >= 11 is 5.86. The highest BCUT2D eigenvalue weighted by Crippen LogP contribution is 2.18. The van der Waals surface area contributed by atoms with E-state index in [2.05, 4.69) is 10.3 Å². The van der Waals surface area contributed by atoms with Gasteiger partial charge in [0.25, 0.3) is 5.91 Å². The predicted octanol–water partition coefficient (Wildman–Crippen LogP) is -0.491. The molecular formula is C10H11ClN2O4S. The fraction of sp³-hybridized carbons (Fsp3) is 0.400. The molecule has 0 spiro atoms. The van der Waals surface area contributed by atoms with E-state index >= 15 is 0 Å². The number of pyridine rings is 1. The number of halogens is 1. The Bertz CT molecular complexity index is 625. The lowest BCUT2D eigenvalue weighted by atomic mass is 10.2. The number of alkyl halides is 1. The second-order valence-electron chi connectivity index (χ2n) is 4.10. The van der Waals surface area contributed by atoms with Crippen molar-refractivity contribution in [2.24, 2.45) is 0 Å². The number of H-pyrrole nitrogens is 1. The van der Waals surface area contributed by atoms with Crippen molar-refractivity contribution < 1.29 is 13.2 Å². The van der Waals surface area contributed by atoms with Crippen molar-refractivity contribution in [1.82, 2.24) is 10.3 Å². The first-order valence-corrected chi connectivity index (χ1v) is 7.48. The summed E-state index contributed by atoms with van der Waals surface area (Å²) in [6.45, 7) is 0. The van der Waals surface area contributed by atoms with Crippen LogP contribution in [0.25, 0.3) is 0 Å². The van der Waals surface area contributed by atoms with Crippen LogP contribution in [0.15, 0.2) is 23.0 Å². The molecule has 0 aromatic carbocycles. The summed E-state index contributed by atoms with van der Waals surface area (Å²) in [6.07, 6.45) is 0. The third-order valence-electron chi connectivity index (χ3n) is 2.61. The van der Waals surface area contributed by atoms with Crippen LogP contribution in [-0.4, -0.2) is 42.2 Å². The minimum atomic E-state index is -3.20. The Morgan fingerprint density at radius 2 is 2.11 bits per heavy atom. The summed E-state index contributed by atoms with van der Waals surface area (Å²) in [4.78, 5) is 25.2. The summed E-state index contributed by atoms with van der Waals surface area (Å²) in [7, 11) is -3.20. The van der Waals surface area contributed by atoms with Crippen molar-refractivity contribution in [3.63, 3.8) is 0 Å². The van der Waals surface area contributed by atoms with E-state index in [1.54, 1.807) is 0 Å². The van der Waals surface area contributed by atoms with Gasteiger partial charge in [-0.15, -0.1) is 11.6 Å². The zero-order chi connectivity index (χ0) is 13.3. The molecular weight excluding hydrogens is 280 g/mol. The van der Waals surface area contributed by atoms with Crippen LogP contribution in [0.2, 0.25) is 0 Å². The number of hydrogen-bond acceptors (Lipinski definition) is 4. The summed E-state index contributed by atoms with van der Waals surface area (Å²) in [5, 5.41) is 1.86. The Kier molecular flexibility index (Phi) is 3.45. The Morgan fingerprint density at radius 1 is 1.39 bits per heavy atom. The van der Waals surface area contributed by atoms with E-state index in [9.17, 15) is 18.0 Å². The fourth-order valence-corrected chi connectivity index (χ4v) is 4.31. The lowest BCUT2D eigenvalue weighted by Gasteiger charge is -2.13. The average Bonchev–Trinajstić information content (AvgIpc) is 2.51. The molecule has 1 saturated heterocycles. The molecule has 8 heteroatoms. The summed E-state index contributed by atoms with van der Waals surface area (Å²) < 4.78 is 22.7. The molecule has 1 fully saturated rings. The van der Waals surface area contributed by atoms with Crippen LogP contribution < -0.4 is 10.9 Å². The van der Waals surface area contributed by atoms with Crippen LogP contribution in [0.4, 0.5) is 0 Å². The lowest BCUT2D eigenvalue weighted by Crippen LogP contribution is -2.41. The zero-order valence-electron chi connectivity index (χ0n) is 9.22. The van der Waals surface area contributed by atoms with Crippen LogP contribution in [0.3, 0.4) is 0 Å². The van der Waals surface area contributed by atoms with E-state index in [-0.39, 0.29) is 17.2 Å². The molecule has 2 atom stereocenters. The maximum atomic E-state index is 11.8. The number of carbonyl (C=O) groups excluding carboxylic acids is 1. The Balaban J connectivity index is 2.11. The van der Waals surface area contributed by atoms with Gasteiger partial charge in [0.05, 0.1) is 22.9 Å². The van der Waals surface area contributed by atoms with E-state index in [0.717, 1.165) is 0 Å². The molecule has 0 aliphatic carbocycles. The number of aromatic amines is 1. The maximum Gasteiger partial charge on any atom is 0.268 e. The number of hydrogen-bond donors (Lipinski definition) is 2. The molecule has 2 N–H and O–H groups in total. The Hall–Kier alpha value is -1.34. The van der Waals surface area contributed by atoms with Gasteiger partial charge in [0.15, 0.2) is 9.84 Å². The van der Waals surface area contributed by atoms with E-state index in [1.165, 1.54) is 18.2 Å². The van der Waals surface area contributed by atoms with Gasteiger partial charge in [-0.1, -0.05) is 6.07 Å². The molecule has 2 heterocycles. The molecule has 1 aliphatic heterocycles. The molecule has 0 bridgehead atoms. The first-order chi connectivity index (χ1) is 8.37. The minimum absolute atomic E-state index is 0.0793. The van der Waals surface area contributed by atoms with Crippen LogP contribution >= 0.6 is 11.6 Å². The fourth-order valence-electron chi connectivity index (χ4n) is 1.76. The molecule has 1 aromatic rings. The number of rotatable bonds is 2. The summed E-state index contributed by atoms with van der Waals surface area (Å²) in [6, 6.07) is 3.52. The SMILES string of the molecule is O=C(NC1CS(=O)(=O)CC1Cl)c1cccc(=O)[nH]1. The van der Waals surface area contributed by atoms with Crippen LogP contribution in [0.5, 0.6) is 0 Å². The van der Waals surface area contributed by atoms with Gasteiger partial charge >= 0.3 is 0 Å². The molecule has 6 nitrogen and oxygen atoms in total. The monoisotopic (exact) mass is 290 g/mol. The van der Waals surface area contributed by atoms with E-state index in [4.69, 9.17) is 11.6 Å². The largest absolute Gasteiger partial charge is 0.345 e. The molecule has 1 aliphatic rings. The van der Waals surface area contributed by atoms with Crippen molar-refractivity contribution in [2.45, 2.75) is 11.4 Å². The second kappa shape index (κ2) is 4.74. The Morgan fingerprint density at radius 3 is 2.67 bits per heavy atom. The van der Waals surface area contributed by atoms with Gasteiger partial charge in [-0.3, -0.25) is 9.59 Å².